The molecule has 2 heterocycles. The van der Waals surface area contributed by atoms with Crippen molar-refractivity contribution in [3.8, 4) is 5.75 Å². The Balaban J connectivity index is 1.66. The van der Waals surface area contributed by atoms with E-state index in [-0.39, 0.29) is 23.1 Å². The zero-order valence-electron chi connectivity index (χ0n) is 11.5. The summed E-state index contributed by atoms with van der Waals surface area (Å²) in [4.78, 5) is 9.95. The van der Waals surface area contributed by atoms with Crippen LogP contribution in [0.4, 0.5) is 10.1 Å². The van der Waals surface area contributed by atoms with Crippen molar-refractivity contribution in [2.45, 2.75) is 31.0 Å². The molecule has 0 bridgehead atoms. The predicted molar refractivity (Wildman–Crippen MR) is 72.9 cm³/mol. The van der Waals surface area contributed by atoms with Crippen LogP contribution in [0.2, 0.25) is 0 Å². The van der Waals surface area contributed by atoms with E-state index in [1.807, 2.05) is 0 Å². The molecular formula is C14H17FN2O4. The zero-order chi connectivity index (χ0) is 14.9. The number of nitro benzene ring substituents is 1. The molecule has 0 radical (unpaired) electrons. The Morgan fingerprint density at radius 3 is 2.86 bits per heavy atom. The number of halogens is 1. The summed E-state index contributed by atoms with van der Waals surface area (Å²) >= 11 is 0. The van der Waals surface area contributed by atoms with Crippen LogP contribution < -0.4 is 10.1 Å². The van der Waals surface area contributed by atoms with Crippen LogP contribution in [0.25, 0.3) is 0 Å². The molecule has 1 aromatic rings. The first-order valence-corrected chi connectivity index (χ1v) is 7.03. The van der Waals surface area contributed by atoms with Gasteiger partial charge in [-0.3, -0.25) is 10.1 Å². The number of nitrogens with zero attached hydrogens (tertiary/aromatic N) is 1. The molecule has 21 heavy (non-hydrogen) atoms. The average Bonchev–Trinajstić information content (AvgIpc) is 2.84. The molecule has 6 nitrogen and oxygen atoms in total. The maximum absolute atomic E-state index is 13.8. The molecule has 0 amide bonds. The Morgan fingerprint density at radius 2 is 2.19 bits per heavy atom. The van der Waals surface area contributed by atoms with Gasteiger partial charge >= 0.3 is 0 Å². The Morgan fingerprint density at radius 1 is 1.43 bits per heavy atom. The Bertz CT molecular complexity index is 546. The second-order valence-electron chi connectivity index (χ2n) is 5.56. The molecule has 2 aliphatic rings. The van der Waals surface area contributed by atoms with Gasteiger partial charge in [-0.05, 0) is 32.0 Å². The van der Waals surface area contributed by atoms with E-state index in [0.717, 1.165) is 38.4 Å². The van der Waals surface area contributed by atoms with Crippen LogP contribution in [0.3, 0.4) is 0 Å². The fourth-order valence-electron chi connectivity index (χ4n) is 2.99. The predicted octanol–water partition coefficient (Wildman–Crippen LogP) is 2.02. The van der Waals surface area contributed by atoms with Gasteiger partial charge in [0.2, 0.25) is 0 Å². The van der Waals surface area contributed by atoms with Crippen molar-refractivity contribution in [3.05, 3.63) is 34.1 Å². The van der Waals surface area contributed by atoms with Crippen LogP contribution in [0.15, 0.2) is 18.2 Å². The fourth-order valence-corrected chi connectivity index (χ4v) is 2.99. The molecule has 1 N–H and O–H groups in total. The zero-order valence-corrected chi connectivity index (χ0v) is 11.5. The molecule has 2 aliphatic heterocycles. The van der Waals surface area contributed by atoms with E-state index in [4.69, 9.17) is 9.47 Å². The quantitative estimate of drug-likeness (QED) is 0.682. The number of non-ortho nitro benzene ring substituents is 1. The second kappa shape index (κ2) is 5.57. The van der Waals surface area contributed by atoms with E-state index in [1.165, 1.54) is 12.1 Å². The third kappa shape index (κ3) is 2.98. The summed E-state index contributed by atoms with van der Waals surface area (Å²) in [5, 5.41) is 13.9. The van der Waals surface area contributed by atoms with Crippen molar-refractivity contribution in [3.63, 3.8) is 0 Å². The van der Waals surface area contributed by atoms with Crippen molar-refractivity contribution in [2.75, 3.05) is 19.7 Å². The van der Waals surface area contributed by atoms with Gasteiger partial charge in [0.05, 0.1) is 23.2 Å². The normalized spacial score (nSPS) is 24.1. The van der Waals surface area contributed by atoms with Gasteiger partial charge < -0.3 is 14.8 Å². The first kappa shape index (κ1) is 14.2. The number of nitrogens with one attached hydrogen (secondary N) is 1. The smallest absolute Gasteiger partial charge is 0.272 e. The number of hydrogen-bond acceptors (Lipinski definition) is 5. The van der Waals surface area contributed by atoms with Gasteiger partial charge in [-0.25, -0.2) is 4.39 Å². The van der Waals surface area contributed by atoms with Gasteiger partial charge in [-0.1, -0.05) is 0 Å². The third-order valence-corrected chi connectivity index (χ3v) is 4.11. The van der Waals surface area contributed by atoms with Gasteiger partial charge in [-0.15, -0.1) is 0 Å². The number of rotatable bonds is 3. The minimum Gasteiger partial charge on any atom is -0.485 e. The lowest BCUT2D eigenvalue weighted by molar-refractivity contribution is -0.385. The number of hydrogen-bond donors (Lipinski definition) is 1. The van der Waals surface area contributed by atoms with Crippen LogP contribution in [-0.4, -0.2) is 36.3 Å². The molecule has 114 valence electrons. The summed E-state index contributed by atoms with van der Waals surface area (Å²) in [6.45, 7) is 2.26. The van der Waals surface area contributed by atoms with Gasteiger partial charge in [0.15, 0.2) is 11.6 Å². The minimum atomic E-state index is -0.713. The highest BCUT2D eigenvalue weighted by molar-refractivity contribution is 5.37. The Labute approximate surface area is 121 Å². The molecule has 0 aromatic heterocycles. The molecule has 0 aliphatic carbocycles. The second-order valence-corrected chi connectivity index (χ2v) is 5.56. The summed E-state index contributed by atoms with van der Waals surface area (Å²) < 4.78 is 25.3. The summed E-state index contributed by atoms with van der Waals surface area (Å²) in [6.07, 6.45) is 2.37. The standard InChI is InChI=1S/C14H17FN2O4/c15-12-7-10(17(18)19)1-2-13(12)21-11-8-14(20-9-11)3-5-16-6-4-14/h1-2,7,11,16H,3-6,8-9H2. The van der Waals surface area contributed by atoms with Crippen LogP contribution in [0, 0.1) is 15.9 Å². The molecule has 1 spiro atoms. The summed E-state index contributed by atoms with van der Waals surface area (Å²) in [7, 11) is 0. The molecule has 2 fully saturated rings. The largest absolute Gasteiger partial charge is 0.485 e. The number of benzene rings is 1. The van der Waals surface area contributed by atoms with Crippen LogP contribution in [0.5, 0.6) is 5.75 Å². The van der Waals surface area contributed by atoms with Gasteiger partial charge in [-0.2, -0.15) is 0 Å². The van der Waals surface area contributed by atoms with E-state index >= 15 is 0 Å². The van der Waals surface area contributed by atoms with Crippen molar-refractivity contribution in [2.24, 2.45) is 0 Å². The van der Waals surface area contributed by atoms with Gasteiger partial charge in [0.25, 0.3) is 5.69 Å². The van der Waals surface area contributed by atoms with E-state index in [9.17, 15) is 14.5 Å². The van der Waals surface area contributed by atoms with Crippen molar-refractivity contribution in [1.29, 1.82) is 0 Å². The third-order valence-electron chi connectivity index (χ3n) is 4.11. The van der Waals surface area contributed by atoms with Crippen molar-refractivity contribution < 1.29 is 18.8 Å². The maximum Gasteiger partial charge on any atom is 0.272 e. The number of piperidine rings is 1. The van der Waals surface area contributed by atoms with Crippen molar-refractivity contribution in [1.82, 2.24) is 5.32 Å². The highest BCUT2D eigenvalue weighted by atomic mass is 19.1. The molecule has 0 saturated carbocycles. The SMILES string of the molecule is O=[N+]([O-])c1ccc(OC2COC3(CCNCC3)C2)c(F)c1. The molecule has 7 heteroatoms. The highest BCUT2D eigenvalue weighted by Crippen LogP contribution is 2.36. The lowest BCUT2D eigenvalue weighted by Crippen LogP contribution is -2.41. The van der Waals surface area contributed by atoms with Crippen molar-refractivity contribution >= 4 is 5.69 Å². The summed E-state index contributed by atoms with van der Waals surface area (Å²) in [5.41, 5.74) is -0.440. The molecule has 1 atom stereocenters. The van der Waals surface area contributed by atoms with Crippen LogP contribution in [-0.2, 0) is 4.74 Å². The van der Waals surface area contributed by atoms with Gasteiger partial charge in [0, 0.05) is 12.5 Å². The average molecular weight is 296 g/mol. The van der Waals surface area contributed by atoms with Gasteiger partial charge in [0.1, 0.15) is 6.10 Å². The minimum absolute atomic E-state index is 0.0418. The lowest BCUT2D eigenvalue weighted by atomic mass is 9.89. The summed E-state index contributed by atoms with van der Waals surface area (Å²) in [5.74, 6) is -0.671. The monoisotopic (exact) mass is 296 g/mol. The fraction of sp³-hybridized carbons (Fsp3) is 0.571. The first-order chi connectivity index (χ1) is 10.1. The maximum atomic E-state index is 13.8. The Kier molecular flexibility index (Phi) is 3.77. The summed E-state index contributed by atoms with van der Waals surface area (Å²) in [6, 6.07) is 3.43. The molecule has 2 saturated heterocycles. The molecule has 3 rings (SSSR count). The number of nitro groups is 1. The van der Waals surface area contributed by atoms with E-state index in [2.05, 4.69) is 5.32 Å². The number of ether oxygens (including phenoxy) is 2. The lowest BCUT2D eigenvalue weighted by Gasteiger charge is -2.32. The first-order valence-electron chi connectivity index (χ1n) is 7.03. The van der Waals surface area contributed by atoms with E-state index in [1.54, 1.807) is 0 Å². The molecule has 1 unspecified atom stereocenters. The van der Waals surface area contributed by atoms with Crippen LogP contribution in [0.1, 0.15) is 19.3 Å². The van der Waals surface area contributed by atoms with Crippen LogP contribution >= 0.6 is 0 Å². The van der Waals surface area contributed by atoms with E-state index < -0.39 is 10.7 Å². The topological polar surface area (TPSA) is 73.6 Å². The Hall–Kier alpha value is -1.73. The molecular weight excluding hydrogens is 279 g/mol. The molecule has 1 aromatic carbocycles. The van der Waals surface area contributed by atoms with E-state index in [0.29, 0.717) is 6.61 Å². The highest BCUT2D eigenvalue weighted by Gasteiger charge is 2.42.